The van der Waals surface area contributed by atoms with Gasteiger partial charge < -0.3 is 10.8 Å². The highest BCUT2D eigenvalue weighted by Crippen LogP contribution is 2.58. The zero-order chi connectivity index (χ0) is 8.06. The van der Waals surface area contributed by atoms with E-state index in [-0.39, 0.29) is 11.5 Å². The second-order valence-electron chi connectivity index (χ2n) is 4.32. The summed E-state index contributed by atoms with van der Waals surface area (Å²) in [4.78, 5) is 0. The van der Waals surface area contributed by atoms with Gasteiger partial charge >= 0.3 is 0 Å². The quantitative estimate of drug-likeness (QED) is 0.631. The maximum atomic E-state index is 9.87. The highest BCUT2D eigenvalue weighted by molar-refractivity contribution is 5.08. The molecule has 2 fully saturated rings. The first-order valence-electron chi connectivity index (χ1n) is 4.59. The second kappa shape index (κ2) is 2.20. The van der Waals surface area contributed by atoms with Crippen LogP contribution in [0.1, 0.15) is 26.2 Å². The van der Waals surface area contributed by atoms with Crippen molar-refractivity contribution in [1.82, 2.24) is 0 Å². The van der Waals surface area contributed by atoms with Gasteiger partial charge in [-0.1, -0.05) is 6.92 Å². The third-order valence-electron chi connectivity index (χ3n) is 3.55. The summed E-state index contributed by atoms with van der Waals surface area (Å²) in [5.41, 5.74) is 5.79. The molecule has 0 aromatic carbocycles. The zero-order valence-corrected chi connectivity index (χ0v) is 7.09. The van der Waals surface area contributed by atoms with Crippen molar-refractivity contribution >= 4 is 0 Å². The van der Waals surface area contributed by atoms with Crippen LogP contribution in [0.4, 0.5) is 0 Å². The average molecular weight is 155 g/mol. The molecule has 0 spiro atoms. The van der Waals surface area contributed by atoms with Gasteiger partial charge in [-0.2, -0.15) is 0 Å². The van der Waals surface area contributed by atoms with Gasteiger partial charge in [0.2, 0.25) is 0 Å². The van der Waals surface area contributed by atoms with Crippen LogP contribution in [0.25, 0.3) is 0 Å². The van der Waals surface area contributed by atoms with E-state index in [1.54, 1.807) is 0 Å². The highest BCUT2D eigenvalue weighted by Gasteiger charge is 2.58. The Bertz CT molecular complexity index is 163. The lowest BCUT2D eigenvalue weighted by Gasteiger charge is -2.21. The fourth-order valence-corrected chi connectivity index (χ4v) is 2.21. The van der Waals surface area contributed by atoms with Crippen LogP contribution in [0.3, 0.4) is 0 Å². The van der Waals surface area contributed by atoms with E-state index in [1.807, 2.05) is 0 Å². The van der Waals surface area contributed by atoms with Crippen LogP contribution in [-0.2, 0) is 0 Å². The summed E-state index contributed by atoms with van der Waals surface area (Å²) in [6.45, 7) is 2.87. The maximum Gasteiger partial charge on any atom is 0.0639 e. The molecule has 2 rings (SSSR count). The van der Waals surface area contributed by atoms with Crippen molar-refractivity contribution in [2.45, 2.75) is 32.3 Å². The lowest BCUT2D eigenvalue weighted by atomic mass is 9.93. The van der Waals surface area contributed by atoms with Gasteiger partial charge in [0, 0.05) is 12.0 Å². The standard InChI is InChI=1S/C9H17NO/c1-6-4-9(6,5-10)8(11)7-2-3-7/h6-8,11H,2-5,10H2,1H3. The summed E-state index contributed by atoms with van der Waals surface area (Å²) in [5, 5.41) is 9.87. The molecular weight excluding hydrogens is 138 g/mol. The third-order valence-corrected chi connectivity index (χ3v) is 3.55. The number of hydrogen-bond acceptors (Lipinski definition) is 2. The van der Waals surface area contributed by atoms with Crippen molar-refractivity contribution in [2.24, 2.45) is 23.0 Å². The first kappa shape index (κ1) is 7.56. The Balaban J connectivity index is 2.00. The fraction of sp³-hybridized carbons (Fsp3) is 1.00. The molecule has 11 heavy (non-hydrogen) atoms. The van der Waals surface area contributed by atoms with E-state index in [2.05, 4.69) is 6.92 Å². The summed E-state index contributed by atoms with van der Waals surface area (Å²) in [6, 6.07) is 0. The van der Waals surface area contributed by atoms with Crippen LogP contribution in [0.15, 0.2) is 0 Å². The van der Waals surface area contributed by atoms with E-state index >= 15 is 0 Å². The number of aliphatic hydroxyl groups excluding tert-OH is 1. The molecule has 0 bridgehead atoms. The Hall–Kier alpha value is -0.0800. The van der Waals surface area contributed by atoms with Crippen molar-refractivity contribution in [1.29, 1.82) is 0 Å². The van der Waals surface area contributed by atoms with Crippen molar-refractivity contribution in [3.05, 3.63) is 0 Å². The van der Waals surface area contributed by atoms with E-state index in [0.29, 0.717) is 18.4 Å². The van der Waals surface area contributed by atoms with Gasteiger partial charge in [0.05, 0.1) is 6.10 Å². The molecule has 2 saturated carbocycles. The predicted molar refractivity (Wildman–Crippen MR) is 44.0 cm³/mol. The van der Waals surface area contributed by atoms with Gasteiger partial charge in [0.25, 0.3) is 0 Å². The molecule has 2 nitrogen and oxygen atoms in total. The smallest absolute Gasteiger partial charge is 0.0639 e. The lowest BCUT2D eigenvalue weighted by Crippen LogP contribution is -2.32. The first-order chi connectivity index (χ1) is 5.20. The molecule has 0 amide bonds. The fourth-order valence-electron chi connectivity index (χ4n) is 2.21. The highest BCUT2D eigenvalue weighted by atomic mass is 16.3. The molecule has 64 valence electrons. The number of nitrogens with two attached hydrogens (primary N) is 1. The van der Waals surface area contributed by atoms with Crippen LogP contribution < -0.4 is 5.73 Å². The Morgan fingerprint density at radius 1 is 1.64 bits per heavy atom. The maximum absolute atomic E-state index is 9.87. The molecule has 0 aromatic heterocycles. The molecule has 2 heteroatoms. The molecule has 3 atom stereocenters. The predicted octanol–water partition coefficient (Wildman–Crippen LogP) is 0.742. The van der Waals surface area contributed by atoms with Gasteiger partial charge in [-0.25, -0.2) is 0 Å². The summed E-state index contributed by atoms with van der Waals surface area (Å²) < 4.78 is 0. The molecule has 0 aromatic rings. The van der Waals surface area contributed by atoms with Crippen LogP contribution >= 0.6 is 0 Å². The minimum Gasteiger partial charge on any atom is -0.392 e. The number of rotatable bonds is 3. The summed E-state index contributed by atoms with van der Waals surface area (Å²) >= 11 is 0. The Morgan fingerprint density at radius 3 is 2.45 bits per heavy atom. The number of aliphatic hydroxyl groups is 1. The molecule has 0 aliphatic heterocycles. The van der Waals surface area contributed by atoms with Gasteiger partial charge in [-0.15, -0.1) is 0 Å². The van der Waals surface area contributed by atoms with Gasteiger partial charge in [-0.05, 0) is 31.1 Å². The largest absolute Gasteiger partial charge is 0.392 e. The summed E-state index contributed by atoms with van der Waals surface area (Å²) in [7, 11) is 0. The topological polar surface area (TPSA) is 46.2 Å². The number of hydrogen-bond donors (Lipinski definition) is 2. The molecule has 0 radical (unpaired) electrons. The monoisotopic (exact) mass is 155 g/mol. The van der Waals surface area contributed by atoms with Crippen LogP contribution in [-0.4, -0.2) is 17.8 Å². The summed E-state index contributed by atoms with van der Waals surface area (Å²) in [6.07, 6.45) is 3.48. The Morgan fingerprint density at radius 2 is 2.18 bits per heavy atom. The van der Waals surface area contributed by atoms with E-state index in [4.69, 9.17) is 5.73 Å². The van der Waals surface area contributed by atoms with Crippen LogP contribution in [0, 0.1) is 17.3 Å². The van der Waals surface area contributed by atoms with E-state index in [9.17, 15) is 5.11 Å². The molecule has 0 saturated heterocycles. The Labute approximate surface area is 67.8 Å². The van der Waals surface area contributed by atoms with E-state index in [1.165, 1.54) is 12.8 Å². The van der Waals surface area contributed by atoms with Gasteiger partial charge in [-0.3, -0.25) is 0 Å². The molecule has 3 unspecified atom stereocenters. The van der Waals surface area contributed by atoms with Crippen LogP contribution in [0.5, 0.6) is 0 Å². The van der Waals surface area contributed by atoms with Crippen molar-refractivity contribution in [3.63, 3.8) is 0 Å². The lowest BCUT2D eigenvalue weighted by molar-refractivity contribution is 0.0684. The second-order valence-corrected chi connectivity index (χ2v) is 4.32. The minimum absolute atomic E-state index is 0.0949. The molecule has 3 N–H and O–H groups in total. The SMILES string of the molecule is CC1CC1(CN)C(O)C1CC1. The minimum atomic E-state index is -0.0949. The van der Waals surface area contributed by atoms with Crippen LogP contribution in [0.2, 0.25) is 0 Å². The van der Waals surface area contributed by atoms with Crippen molar-refractivity contribution in [3.8, 4) is 0 Å². The van der Waals surface area contributed by atoms with Gasteiger partial charge in [0.1, 0.15) is 0 Å². The van der Waals surface area contributed by atoms with Crippen molar-refractivity contribution in [2.75, 3.05) is 6.54 Å². The zero-order valence-electron chi connectivity index (χ0n) is 7.09. The summed E-state index contributed by atoms with van der Waals surface area (Å²) in [5.74, 6) is 1.24. The van der Waals surface area contributed by atoms with Crippen molar-refractivity contribution < 1.29 is 5.11 Å². The average Bonchev–Trinajstić information content (AvgIpc) is 2.80. The molecule has 0 heterocycles. The van der Waals surface area contributed by atoms with E-state index in [0.717, 1.165) is 6.42 Å². The molecule has 2 aliphatic rings. The molecule has 2 aliphatic carbocycles. The third kappa shape index (κ3) is 1.00. The van der Waals surface area contributed by atoms with E-state index < -0.39 is 0 Å². The molecular formula is C9H17NO. The normalized spacial score (nSPS) is 45.5. The first-order valence-corrected chi connectivity index (χ1v) is 4.59. The van der Waals surface area contributed by atoms with Gasteiger partial charge in [0.15, 0.2) is 0 Å². The Kier molecular flexibility index (Phi) is 1.52.